The molecule has 0 atom stereocenters. The average molecular weight is 194 g/mol. The van der Waals surface area contributed by atoms with Gasteiger partial charge in [-0.25, -0.2) is 0 Å². The lowest BCUT2D eigenvalue weighted by molar-refractivity contribution is -0.120. The minimum atomic E-state index is 0.0386. The molecule has 0 fully saturated rings. The first-order valence-corrected chi connectivity index (χ1v) is 4.51. The summed E-state index contributed by atoms with van der Waals surface area (Å²) in [6.07, 6.45) is 2.12. The molecule has 0 aliphatic rings. The zero-order valence-electron chi connectivity index (χ0n) is 8.16. The first-order chi connectivity index (χ1) is 6.83. The van der Waals surface area contributed by atoms with Crippen LogP contribution >= 0.6 is 0 Å². The van der Waals surface area contributed by atoms with Crippen molar-refractivity contribution in [2.45, 2.75) is 13.0 Å². The summed E-state index contributed by atoms with van der Waals surface area (Å²) in [4.78, 5) is 10.8. The largest absolute Gasteiger partial charge is 0.359 e. The van der Waals surface area contributed by atoms with E-state index in [0.29, 0.717) is 19.5 Å². The number of carbonyl (C=O) groups is 1. The highest BCUT2D eigenvalue weighted by Crippen LogP contribution is 1.89. The molecule has 1 aromatic heterocycles. The lowest BCUT2D eigenvalue weighted by atomic mass is 10.3. The van der Waals surface area contributed by atoms with E-state index >= 15 is 0 Å². The number of nitrogens with zero attached hydrogens (tertiary/aromatic N) is 2. The standard InChI is InChI=1S/C9H14N4O/c1-10-9(14)4-6-11-7-8-3-2-5-12-13-8/h2-3,5,11H,4,6-7H2,1H3,(H,10,14). The highest BCUT2D eigenvalue weighted by molar-refractivity contribution is 5.75. The van der Waals surface area contributed by atoms with Gasteiger partial charge in [-0.1, -0.05) is 0 Å². The maximum Gasteiger partial charge on any atom is 0.221 e. The second kappa shape index (κ2) is 6.04. The highest BCUT2D eigenvalue weighted by atomic mass is 16.1. The van der Waals surface area contributed by atoms with Crippen LogP contribution in [0.1, 0.15) is 12.1 Å². The maximum absolute atomic E-state index is 10.8. The van der Waals surface area contributed by atoms with Crippen molar-refractivity contribution in [1.29, 1.82) is 0 Å². The van der Waals surface area contributed by atoms with Gasteiger partial charge < -0.3 is 10.6 Å². The highest BCUT2D eigenvalue weighted by Gasteiger charge is 1.97. The van der Waals surface area contributed by atoms with Crippen LogP contribution in [0.15, 0.2) is 18.3 Å². The predicted octanol–water partition coefficient (Wildman–Crippen LogP) is -0.298. The second-order valence-corrected chi connectivity index (χ2v) is 2.81. The van der Waals surface area contributed by atoms with Crippen LogP contribution < -0.4 is 10.6 Å². The van der Waals surface area contributed by atoms with Gasteiger partial charge in [-0.2, -0.15) is 10.2 Å². The van der Waals surface area contributed by atoms with Crippen molar-refractivity contribution in [2.75, 3.05) is 13.6 Å². The Labute approximate surface area is 82.9 Å². The summed E-state index contributed by atoms with van der Waals surface area (Å²) in [5.74, 6) is 0.0386. The number of carbonyl (C=O) groups excluding carboxylic acids is 1. The summed E-state index contributed by atoms with van der Waals surface area (Å²) in [5, 5.41) is 13.3. The monoisotopic (exact) mass is 194 g/mol. The maximum atomic E-state index is 10.8. The van der Waals surface area contributed by atoms with Crippen molar-refractivity contribution < 1.29 is 4.79 Å². The molecule has 0 saturated carbocycles. The van der Waals surface area contributed by atoms with Crippen molar-refractivity contribution in [2.24, 2.45) is 0 Å². The van der Waals surface area contributed by atoms with Gasteiger partial charge in [-0.05, 0) is 12.1 Å². The molecule has 1 amide bonds. The molecule has 5 nitrogen and oxygen atoms in total. The fourth-order valence-corrected chi connectivity index (χ4v) is 0.971. The minimum Gasteiger partial charge on any atom is -0.359 e. The Hall–Kier alpha value is -1.49. The molecule has 1 rings (SSSR count). The van der Waals surface area contributed by atoms with Crippen LogP contribution in [0.2, 0.25) is 0 Å². The lowest BCUT2D eigenvalue weighted by Crippen LogP contribution is -2.24. The van der Waals surface area contributed by atoms with Crippen LogP contribution in [0.3, 0.4) is 0 Å². The molecular formula is C9H14N4O. The summed E-state index contributed by atoms with van der Waals surface area (Å²) in [6, 6.07) is 3.72. The van der Waals surface area contributed by atoms with Crippen LogP contribution in [0, 0.1) is 0 Å². The van der Waals surface area contributed by atoms with Crippen LogP contribution in [0.4, 0.5) is 0 Å². The van der Waals surface area contributed by atoms with E-state index in [0.717, 1.165) is 5.69 Å². The van der Waals surface area contributed by atoms with E-state index in [9.17, 15) is 4.79 Å². The SMILES string of the molecule is CNC(=O)CCNCc1cccnn1. The van der Waals surface area contributed by atoms with E-state index in [1.54, 1.807) is 13.2 Å². The molecule has 76 valence electrons. The summed E-state index contributed by atoms with van der Waals surface area (Å²) >= 11 is 0. The summed E-state index contributed by atoms with van der Waals surface area (Å²) in [5.41, 5.74) is 0.879. The van der Waals surface area contributed by atoms with Crippen molar-refractivity contribution in [3.63, 3.8) is 0 Å². The molecule has 1 aromatic rings. The first-order valence-electron chi connectivity index (χ1n) is 4.51. The van der Waals surface area contributed by atoms with Gasteiger partial charge >= 0.3 is 0 Å². The van der Waals surface area contributed by atoms with E-state index in [2.05, 4.69) is 20.8 Å². The van der Waals surface area contributed by atoms with Crippen LogP contribution in [0.5, 0.6) is 0 Å². The smallest absolute Gasteiger partial charge is 0.221 e. The number of rotatable bonds is 5. The van der Waals surface area contributed by atoms with Gasteiger partial charge in [0, 0.05) is 32.8 Å². The molecule has 2 N–H and O–H groups in total. The third kappa shape index (κ3) is 3.95. The Morgan fingerprint density at radius 2 is 2.43 bits per heavy atom. The molecule has 0 spiro atoms. The van der Waals surface area contributed by atoms with Gasteiger partial charge in [0.1, 0.15) is 0 Å². The van der Waals surface area contributed by atoms with E-state index < -0.39 is 0 Å². The summed E-state index contributed by atoms with van der Waals surface area (Å²) in [7, 11) is 1.63. The number of nitrogens with one attached hydrogen (secondary N) is 2. The quantitative estimate of drug-likeness (QED) is 0.632. The molecular weight excluding hydrogens is 180 g/mol. The second-order valence-electron chi connectivity index (χ2n) is 2.81. The van der Waals surface area contributed by atoms with E-state index in [-0.39, 0.29) is 5.91 Å². The van der Waals surface area contributed by atoms with Gasteiger partial charge in [0.15, 0.2) is 0 Å². The van der Waals surface area contributed by atoms with E-state index in [1.807, 2.05) is 12.1 Å². The molecule has 0 saturated heterocycles. The first kappa shape index (κ1) is 10.6. The van der Waals surface area contributed by atoms with Crippen LogP contribution in [-0.4, -0.2) is 29.7 Å². The summed E-state index contributed by atoms with van der Waals surface area (Å²) < 4.78 is 0. The van der Waals surface area contributed by atoms with Crippen molar-refractivity contribution in [3.05, 3.63) is 24.0 Å². The molecule has 0 aromatic carbocycles. The molecule has 0 aliphatic heterocycles. The van der Waals surface area contributed by atoms with Gasteiger partial charge in [-0.15, -0.1) is 0 Å². The van der Waals surface area contributed by atoms with Gasteiger partial charge in [0.05, 0.1) is 5.69 Å². The Morgan fingerprint density at radius 3 is 3.07 bits per heavy atom. The lowest BCUT2D eigenvalue weighted by Gasteiger charge is -2.02. The predicted molar refractivity (Wildman–Crippen MR) is 52.4 cm³/mol. The topological polar surface area (TPSA) is 66.9 Å². The summed E-state index contributed by atoms with van der Waals surface area (Å²) in [6.45, 7) is 1.29. The van der Waals surface area contributed by atoms with Gasteiger partial charge in [-0.3, -0.25) is 4.79 Å². The minimum absolute atomic E-state index is 0.0386. The van der Waals surface area contributed by atoms with Gasteiger partial charge in [0.25, 0.3) is 0 Å². The van der Waals surface area contributed by atoms with Gasteiger partial charge in [0.2, 0.25) is 5.91 Å². The van der Waals surface area contributed by atoms with Crippen molar-refractivity contribution in [1.82, 2.24) is 20.8 Å². The normalized spacial score (nSPS) is 9.79. The van der Waals surface area contributed by atoms with Crippen LogP contribution in [0.25, 0.3) is 0 Å². The zero-order valence-corrected chi connectivity index (χ0v) is 8.16. The third-order valence-corrected chi connectivity index (χ3v) is 1.74. The number of hydrogen-bond donors (Lipinski definition) is 2. The fraction of sp³-hybridized carbons (Fsp3) is 0.444. The molecule has 0 radical (unpaired) electrons. The zero-order chi connectivity index (χ0) is 10.2. The van der Waals surface area contributed by atoms with Crippen molar-refractivity contribution in [3.8, 4) is 0 Å². The van der Waals surface area contributed by atoms with E-state index in [4.69, 9.17) is 0 Å². The molecule has 0 bridgehead atoms. The molecule has 1 heterocycles. The average Bonchev–Trinajstić information content (AvgIpc) is 2.25. The van der Waals surface area contributed by atoms with Crippen molar-refractivity contribution >= 4 is 5.91 Å². The number of aromatic nitrogens is 2. The Morgan fingerprint density at radius 1 is 1.57 bits per heavy atom. The molecule has 14 heavy (non-hydrogen) atoms. The van der Waals surface area contributed by atoms with E-state index in [1.165, 1.54) is 0 Å². The van der Waals surface area contributed by atoms with Crippen LogP contribution in [-0.2, 0) is 11.3 Å². The molecule has 0 unspecified atom stereocenters. The Balaban J connectivity index is 2.13. The number of hydrogen-bond acceptors (Lipinski definition) is 4. The Bertz CT molecular complexity index is 275. The third-order valence-electron chi connectivity index (χ3n) is 1.74. The Kier molecular flexibility index (Phi) is 4.57. The molecule has 0 aliphatic carbocycles. The number of amides is 1. The molecule has 5 heteroatoms. The fourth-order valence-electron chi connectivity index (χ4n) is 0.971.